The number of carbonyl (C=O) groups excluding carboxylic acids is 1. The normalized spacial score (nSPS) is 13.7. The van der Waals surface area contributed by atoms with Crippen molar-refractivity contribution < 1.29 is 4.79 Å². The molecule has 1 heterocycles. The zero-order valence-corrected chi connectivity index (χ0v) is 10.8. The van der Waals surface area contributed by atoms with E-state index in [-0.39, 0.29) is 0 Å². The molecule has 3 rings (SSSR count). The summed E-state index contributed by atoms with van der Waals surface area (Å²) in [6.07, 6.45) is 3.95. The summed E-state index contributed by atoms with van der Waals surface area (Å²) in [6, 6.07) is 7.98. The van der Waals surface area contributed by atoms with Gasteiger partial charge in [0.1, 0.15) is 5.69 Å². The van der Waals surface area contributed by atoms with Crippen molar-refractivity contribution in [1.82, 2.24) is 9.78 Å². The predicted molar refractivity (Wildman–Crippen MR) is 68.7 cm³/mol. The molecule has 0 amide bonds. The van der Waals surface area contributed by atoms with E-state index in [4.69, 9.17) is 0 Å². The number of carbonyl (C=O) groups is 1. The fraction of sp³-hybridized carbons (Fsp3) is 0.231. The molecular weight excluding hydrogens is 280 g/mol. The molecule has 1 aromatic carbocycles. The lowest BCUT2D eigenvalue weighted by molar-refractivity contribution is 0.111. The quantitative estimate of drug-likeness (QED) is 0.797. The molecule has 4 heteroatoms. The molecule has 0 unspecified atom stereocenters. The van der Waals surface area contributed by atoms with Crippen LogP contribution in [0.1, 0.15) is 28.2 Å². The molecule has 2 aromatic rings. The fourth-order valence-corrected chi connectivity index (χ4v) is 2.62. The largest absolute Gasteiger partial charge is 0.296 e. The van der Waals surface area contributed by atoms with Gasteiger partial charge in [0.05, 0.1) is 5.69 Å². The van der Waals surface area contributed by atoms with Crippen LogP contribution < -0.4 is 0 Å². The minimum Gasteiger partial charge on any atom is -0.296 e. The Labute approximate surface area is 108 Å². The van der Waals surface area contributed by atoms with E-state index >= 15 is 0 Å². The molecule has 0 bridgehead atoms. The Morgan fingerprint density at radius 2 is 2.00 bits per heavy atom. The van der Waals surface area contributed by atoms with Gasteiger partial charge in [-0.15, -0.1) is 0 Å². The minimum absolute atomic E-state index is 0.598. The van der Waals surface area contributed by atoms with Crippen molar-refractivity contribution in [2.24, 2.45) is 0 Å². The lowest BCUT2D eigenvalue weighted by Crippen LogP contribution is -2.01. The Bertz CT molecular complexity index is 572. The van der Waals surface area contributed by atoms with Crippen LogP contribution in [0, 0.1) is 0 Å². The van der Waals surface area contributed by atoms with Crippen LogP contribution in [0.15, 0.2) is 28.7 Å². The monoisotopic (exact) mass is 290 g/mol. The molecule has 0 saturated heterocycles. The maximum Gasteiger partial charge on any atom is 0.170 e. The number of fused-ring (bicyclic) bond motifs is 1. The van der Waals surface area contributed by atoms with E-state index in [1.165, 1.54) is 5.69 Å². The van der Waals surface area contributed by atoms with E-state index in [1.54, 1.807) is 0 Å². The third-order valence-electron chi connectivity index (χ3n) is 3.14. The molecule has 0 spiro atoms. The van der Waals surface area contributed by atoms with E-state index in [0.29, 0.717) is 5.69 Å². The number of halogens is 1. The van der Waals surface area contributed by atoms with Gasteiger partial charge in [-0.05, 0) is 43.5 Å². The second-order valence-electron chi connectivity index (χ2n) is 4.17. The summed E-state index contributed by atoms with van der Waals surface area (Å²) in [5.41, 5.74) is 3.93. The molecule has 0 saturated carbocycles. The van der Waals surface area contributed by atoms with Gasteiger partial charge in [0, 0.05) is 15.7 Å². The lowest BCUT2D eigenvalue weighted by Gasteiger charge is -2.05. The highest BCUT2D eigenvalue weighted by Crippen LogP contribution is 2.27. The molecule has 1 aliphatic carbocycles. The van der Waals surface area contributed by atoms with Crippen LogP contribution in [-0.2, 0) is 12.8 Å². The molecule has 17 heavy (non-hydrogen) atoms. The van der Waals surface area contributed by atoms with E-state index < -0.39 is 0 Å². The molecule has 1 aliphatic rings. The van der Waals surface area contributed by atoms with Gasteiger partial charge in [0.2, 0.25) is 0 Å². The summed E-state index contributed by atoms with van der Waals surface area (Å²) in [7, 11) is 0. The fourth-order valence-electron chi connectivity index (χ4n) is 2.36. The average molecular weight is 291 g/mol. The highest BCUT2D eigenvalue weighted by Gasteiger charge is 2.22. The molecule has 0 N–H and O–H groups in total. The standard InChI is InChI=1S/C13H11BrN2O/c14-9-4-6-10(7-5-9)16-13-3-1-2-11(13)12(8-17)15-16/h4-8H,1-3H2. The smallest absolute Gasteiger partial charge is 0.170 e. The van der Waals surface area contributed by atoms with Crippen LogP contribution in [0.3, 0.4) is 0 Å². The lowest BCUT2D eigenvalue weighted by atomic mass is 10.2. The van der Waals surface area contributed by atoms with Crippen LogP contribution in [-0.4, -0.2) is 16.1 Å². The Hall–Kier alpha value is -1.42. The van der Waals surface area contributed by atoms with E-state index in [0.717, 1.165) is 41.3 Å². The van der Waals surface area contributed by atoms with Gasteiger partial charge in [-0.1, -0.05) is 15.9 Å². The van der Waals surface area contributed by atoms with E-state index in [9.17, 15) is 4.79 Å². The van der Waals surface area contributed by atoms with Gasteiger partial charge in [-0.2, -0.15) is 5.10 Å². The van der Waals surface area contributed by atoms with Crippen LogP contribution in [0.4, 0.5) is 0 Å². The van der Waals surface area contributed by atoms with Gasteiger partial charge in [0.25, 0.3) is 0 Å². The third-order valence-corrected chi connectivity index (χ3v) is 3.67. The van der Waals surface area contributed by atoms with Crippen molar-refractivity contribution in [2.75, 3.05) is 0 Å². The number of rotatable bonds is 2. The molecular formula is C13H11BrN2O. The Morgan fingerprint density at radius 1 is 1.24 bits per heavy atom. The second kappa shape index (κ2) is 4.11. The van der Waals surface area contributed by atoms with Crippen LogP contribution in [0.25, 0.3) is 5.69 Å². The predicted octanol–water partition coefficient (Wildman–Crippen LogP) is 2.94. The number of nitrogens with zero attached hydrogens (tertiary/aromatic N) is 2. The number of aldehydes is 1. The van der Waals surface area contributed by atoms with Crippen molar-refractivity contribution in [3.05, 3.63) is 45.7 Å². The van der Waals surface area contributed by atoms with Crippen LogP contribution >= 0.6 is 15.9 Å². The third kappa shape index (κ3) is 1.72. The highest BCUT2D eigenvalue weighted by atomic mass is 79.9. The highest BCUT2D eigenvalue weighted by molar-refractivity contribution is 9.10. The molecule has 0 radical (unpaired) electrons. The zero-order valence-electron chi connectivity index (χ0n) is 9.19. The zero-order chi connectivity index (χ0) is 11.8. The summed E-state index contributed by atoms with van der Waals surface area (Å²) in [5.74, 6) is 0. The summed E-state index contributed by atoms with van der Waals surface area (Å²) in [6.45, 7) is 0. The maximum absolute atomic E-state index is 11.0. The SMILES string of the molecule is O=Cc1nn(-c2ccc(Br)cc2)c2c1CCC2. The molecule has 1 aromatic heterocycles. The molecule has 0 aliphatic heterocycles. The molecule has 0 atom stereocenters. The summed E-state index contributed by atoms with van der Waals surface area (Å²) < 4.78 is 2.94. The average Bonchev–Trinajstić information content (AvgIpc) is 2.91. The first-order valence-corrected chi connectivity index (χ1v) is 6.41. The number of benzene rings is 1. The Kier molecular flexibility index (Phi) is 2.59. The van der Waals surface area contributed by atoms with Gasteiger partial charge < -0.3 is 0 Å². The van der Waals surface area contributed by atoms with Gasteiger partial charge in [-0.25, -0.2) is 4.68 Å². The number of hydrogen-bond acceptors (Lipinski definition) is 2. The Balaban J connectivity index is 2.15. The van der Waals surface area contributed by atoms with E-state index in [1.807, 2.05) is 28.9 Å². The second-order valence-corrected chi connectivity index (χ2v) is 5.09. The van der Waals surface area contributed by atoms with Crippen LogP contribution in [0.2, 0.25) is 0 Å². The summed E-state index contributed by atoms with van der Waals surface area (Å²) in [4.78, 5) is 11.0. The van der Waals surface area contributed by atoms with Gasteiger partial charge in [-0.3, -0.25) is 4.79 Å². The molecule has 3 nitrogen and oxygen atoms in total. The van der Waals surface area contributed by atoms with Crippen molar-refractivity contribution >= 4 is 22.2 Å². The first-order chi connectivity index (χ1) is 8.29. The van der Waals surface area contributed by atoms with Crippen LogP contribution in [0.5, 0.6) is 0 Å². The number of hydrogen-bond donors (Lipinski definition) is 0. The minimum atomic E-state index is 0.598. The molecule has 0 fully saturated rings. The van der Waals surface area contributed by atoms with E-state index in [2.05, 4.69) is 21.0 Å². The molecule has 86 valence electrons. The first kappa shape index (κ1) is 10.7. The van der Waals surface area contributed by atoms with Crippen molar-refractivity contribution in [1.29, 1.82) is 0 Å². The van der Waals surface area contributed by atoms with Crippen molar-refractivity contribution in [3.63, 3.8) is 0 Å². The van der Waals surface area contributed by atoms with Gasteiger partial charge in [0.15, 0.2) is 6.29 Å². The van der Waals surface area contributed by atoms with Crippen molar-refractivity contribution in [3.8, 4) is 5.69 Å². The first-order valence-electron chi connectivity index (χ1n) is 5.61. The van der Waals surface area contributed by atoms with Crippen molar-refractivity contribution in [2.45, 2.75) is 19.3 Å². The number of aromatic nitrogens is 2. The summed E-state index contributed by atoms with van der Waals surface area (Å²) in [5, 5.41) is 4.38. The van der Waals surface area contributed by atoms with Gasteiger partial charge >= 0.3 is 0 Å². The topological polar surface area (TPSA) is 34.9 Å². The summed E-state index contributed by atoms with van der Waals surface area (Å²) >= 11 is 3.41. The maximum atomic E-state index is 11.0. The Morgan fingerprint density at radius 3 is 2.71 bits per heavy atom.